The summed E-state index contributed by atoms with van der Waals surface area (Å²) in [6.45, 7) is 2.67. The average molecular weight is 286 g/mol. The van der Waals surface area contributed by atoms with Gasteiger partial charge in [0.15, 0.2) is 0 Å². The molecule has 1 unspecified atom stereocenters. The number of nitrogens with zero attached hydrogens (tertiary/aromatic N) is 1. The standard InChI is InChI=1S/C11H11FN2O4S/c1-4-8(3)13-19(17,18)9-5-7(2)11(12)10(6-9)14(15)16/h1,5-6,8,13H,2-3H3. The van der Waals surface area contributed by atoms with Crippen molar-refractivity contribution in [2.24, 2.45) is 0 Å². The van der Waals surface area contributed by atoms with Crippen LogP contribution >= 0.6 is 0 Å². The quantitative estimate of drug-likeness (QED) is 0.514. The van der Waals surface area contributed by atoms with Crippen LogP contribution in [0.3, 0.4) is 0 Å². The molecule has 0 radical (unpaired) electrons. The maximum atomic E-state index is 13.5. The van der Waals surface area contributed by atoms with Crippen LogP contribution in [0.1, 0.15) is 12.5 Å². The number of hydrogen-bond acceptors (Lipinski definition) is 4. The lowest BCUT2D eigenvalue weighted by Gasteiger charge is -2.10. The van der Waals surface area contributed by atoms with Crippen LogP contribution in [0.2, 0.25) is 0 Å². The lowest BCUT2D eigenvalue weighted by atomic mass is 10.2. The Kier molecular flexibility index (Phi) is 4.24. The number of nitro benzene ring substituents is 1. The minimum atomic E-state index is -4.03. The van der Waals surface area contributed by atoms with Crippen molar-refractivity contribution in [2.45, 2.75) is 24.8 Å². The van der Waals surface area contributed by atoms with Crippen LogP contribution in [-0.2, 0) is 10.0 Å². The fourth-order valence-electron chi connectivity index (χ4n) is 1.34. The largest absolute Gasteiger partial charge is 0.306 e. The number of benzene rings is 1. The Labute approximate surface area is 109 Å². The SMILES string of the molecule is C#CC(C)NS(=O)(=O)c1cc(C)c(F)c([N+](=O)[O-])c1. The first-order valence-corrected chi connectivity index (χ1v) is 6.60. The van der Waals surface area contributed by atoms with Crippen molar-refractivity contribution in [3.8, 4) is 12.3 Å². The predicted molar refractivity (Wildman–Crippen MR) is 66.4 cm³/mol. The Balaban J connectivity index is 3.37. The number of halogens is 1. The first-order valence-electron chi connectivity index (χ1n) is 5.12. The van der Waals surface area contributed by atoms with E-state index in [2.05, 4.69) is 10.6 Å². The Bertz CT molecular complexity index is 664. The molecule has 0 aliphatic heterocycles. The molecule has 102 valence electrons. The Hall–Kier alpha value is -1.98. The van der Waals surface area contributed by atoms with Gasteiger partial charge in [-0.15, -0.1) is 6.42 Å². The fourth-order valence-corrected chi connectivity index (χ4v) is 2.61. The highest BCUT2D eigenvalue weighted by Gasteiger charge is 2.24. The molecule has 19 heavy (non-hydrogen) atoms. The number of nitrogens with one attached hydrogen (secondary N) is 1. The minimum Gasteiger partial charge on any atom is -0.258 e. The predicted octanol–water partition coefficient (Wildman–Crippen LogP) is 1.34. The van der Waals surface area contributed by atoms with Gasteiger partial charge in [-0.3, -0.25) is 10.1 Å². The summed E-state index contributed by atoms with van der Waals surface area (Å²) >= 11 is 0. The van der Waals surface area contributed by atoms with Gasteiger partial charge in [-0.1, -0.05) is 5.92 Å². The highest BCUT2D eigenvalue weighted by Crippen LogP contribution is 2.25. The van der Waals surface area contributed by atoms with Crippen LogP contribution in [0, 0.1) is 35.2 Å². The van der Waals surface area contributed by atoms with E-state index in [0.717, 1.165) is 6.07 Å². The van der Waals surface area contributed by atoms with E-state index in [-0.39, 0.29) is 5.56 Å². The summed E-state index contributed by atoms with van der Waals surface area (Å²) in [7, 11) is -4.03. The first-order chi connectivity index (χ1) is 8.69. The van der Waals surface area contributed by atoms with Gasteiger partial charge in [0.1, 0.15) is 0 Å². The van der Waals surface area contributed by atoms with E-state index in [1.807, 2.05) is 0 Å². The van der Waals surface area contributed by atoms with Crippen molar-refractivity contribution in [1.29, 1.82) is 0 Å². The summed E-state index contributed by atoms with van der Waals surface area (Å²) < 4.78 is 39.4. The van der Waals surface area contributed by atoms with Crippen LogP contribution in [0.5, 0.6) is 0 Å². The van der Waals surface area contributed by atoms with Gasteiger partial charge in [-0.05, 0) is 25.5 Å². The van der Waals surface area contributed by atoms with Gasteiger partial charge < -0.3 is 0 Å². The van der Waals surface area contributed by atoms with Crippen LogP contribution in [0.25, 0.3) is 0 Å². The first kappa shape index (κ1) is 15.1. The number of hydrogen-bond donors (Lipinski definition) is 1. The molecule has 0 saturated heterocycles. The van der Waals surface area contributed by atoms with E-state index in [9.17, 15) is 22.9 Å². The molecule has 6 nitrogen and oxygen atoms in total. The average Bonchev–Trinajstić information content (AvgIpc) is 2.31. The maximum absolute atomic E-state index is 13.5. The van der Waals surface area contributed by atoms with Crippen LogP contribution in [-0.4, -0.2) is 19.4 Å². The Morgan fingerprint density at radius 1 is 1.53 bits per heavy atom. The Morgan fingerprint density at radius 2 is 2.11 bits per heavy atom. The molecule has 8 heteroatoms. The van der Waals surface area contributed by atoms with Crippen molar-refractivity contribution in [3.63, 3.8) is 0 Å². The van der Waals surface area contributed by atoms with Crippen molar-refractivity contribution in [3.05, 3.63) is 33.6 Å². The molecule has 0 aliphatic carbocycles. The maximum Gasteiger partial charge on any atom is 0.306 e. The van der Waals surface area contributed by atoms with Gasteiger partial charge in [0.2, 0.25) is 15.8 Å². The molecule has 0 amide bonds. The van der Waals surface area contributed by atoms with E-state index in [1.54, 1.807) is 0 Å². The van der Waals surface area contributed by atoms with Gasteiger partial charge >= 0.3 is 5.69 Å². The zero-order valence-corrected chi connectivity index (χ0v) is 11.0. The Morgan fingerprint density at radius 3 is 2.58 bits per heavy atom. The third-order valence-corrected chi connectivity index (χ3v) is 3.82. The lowest BCUT2D eigenvalue weighted by molar-refractivity contribution is -0.387. The summed E-state index contributed by atoms with van der Waals surface area (Å²) in [6.07, 6.45) is 5.04. The van der Waals surface area contributed by atoms with Gasteiger partial charge in [0.05, 0.1) is 15.9 Å². The van der Waals surface area contributed by atoms with Gasteiger partial charge in [0.25, 0.3) is 0 Å². The molecule has 0 aromatic heterocycles. The molecule has 1 rings (SSSR count). The van der Waals surface area contributed by atoms with E-state index in [1.165, 1.54) is 13.8 Å². The second-order valence-corrected chi connectivity index (χ2v) is 5.55. The van der Waals surface area contributed by atoms with E-state index < -0.39 is 37.4 Å². The smallest absolute Gasteiger partial charge is 0.258 e. The molecule has 1 atom stereocenters. The van der Waals surface area contributed by atoms with Crippen LogP contribution in [0.15, 0.2) is 17.0 Å². The number of aryl methyl sites for hydroxylation is 1. The summed E-state index contributed by atoms with van der Waals surface area (Å²) in [5, 5.41) is 10.6. The molecule has 1 N–H and O–H groups in total. The van der Waals surface area contributed by atoms with Gasteiger partial charge in [-0.25, -0.2) is 8.42 Å². The molecule has 1 aromatic carbocycles. The topological polar surface area (TPSA) is 89.3 Å². The highest BCUT2D eigenvalue weighted by molar-refractivity contribution is 7.89. The van der Waals surface area contributed by atoms with E-state index in [4.69, 9.17) is 6.42 Å². The third kappa shape index (κ3) is 3.27. The fraction of sp³-hybridized carbons (Fsp3) is 0.273. The zero-order chi connectivity index (χ0) is 14.8. The molecular weight excluding hydrogens is 275 g/mol. The summed E-state index contributed by atoms with van der Waals surface area (Å²) in [6, 6.07) is 0.886. The van der Waals surface area contributed by atoms with Crippen molar-refractivity contribution in [1.82, 2.24) is 4.72 Å². The molecule has 0 aliphatic rings. The van der Waals surface area contributed by atoms with E-state index in [0.29, 0.717) is 6.07 Å². The second-order valence-electron chi connectivity index (χ2n) is 3.84. The molecule has 0 spiro atoms. The lowest BCUT2D eigenvalue weighted by Crippen LogP contribution is -2.31. The molecule has 1 aromatic rings. The summed E-state index contributed by atoms with van der Waals surface area (Å²) in [5.41, 5.74) is -1.03. The molecule has 0 heterocycles. The second kappa shape index (κ2) is 5.34. The molecule has 0 saturated carbocycles. The normalized spacial score (nSPS) is 12.7. The van der Waals surface area contributed by atoms with Gasteiger partial charge in [0, 0.05) is 6.07 Å². The minimum absolute atomic E-state index is 0.136. The summed E-state index contributed by atoms with van der Waals surface area (Å²) in [5.74, 6) is 1.09. The van der Waals surface area contributed by atoms with Gasteiger partial charge in [-0.2, -0.15) is 9.11 Å². The highest BCUT2D eigenvalue weighted by atomic mass is 32.2. The van der Waals surface area contributed by atoms with Crippen molar-refractivity contribution < 1.29 is 17.7 Å². The molecule has 0 fully saturated rings. The number of sulfonamides is 1. The monoisotopic (exact) mass is 286 g/mol. The zero-order valence-electron chi connectivity index (χ0n) is 10.2. The number of nitro groups is 1. The number of rotatable bonds is 4. The van der Waals surface area contributed by atoms with Crippen molar-refractivity contribution in [2.75, 3.05) is 0 Å². The molecular formula is C11H11FN2O4S. The van der Waals surface area contributed by atoms with Crippen molar-refractivity contribution >= 4 is 15.7 Å². The van der Waals surface area contributed by atoms with Crippen LogP contribution in [0.4, 0.5) is 10.1 Å². The van der Waals surface area contributed by atoms with E-state index >= 15 is 0 Å². The third-order valence-electron chi connectivity index (χ3n) is 2.30. The summed E-state index contributed by atoms with van der Waals surface area (Å²) in [4.78, 5) is 9.27. The van der Waals surface area contributed by atoms with Crippen LogP contribution < -0.4 is 4.72 Å². The molecule has 0 bridgehead atoms. The number of terminal acetylenes is 1.